The van der Waals surface area contributed by atoms with Crippen LogP contribution in [0, 0.1) is 10.1 Å². The Morgan fingerprint density at radius 1 is 1.41 bits per heavy atom. The number of halogens is 1. The number of nitro groups is 1. The molecule has 1 heterocycles. The number of nitrogens with zero attached hydrogens (tertiary/aromatic N) is 1. The smallest absolute Gasteiger partial charge is 0.282 e. The molecule has 0 bridgehead atoms. The summed E-state index contributed by atoms with van der Waals surface area (Å²) in [7, 11) is 0. The summed E-state index contributed by atoms with van der Waals surface area (Å²) < 4.78 is 0. The summed E-state index contributed by atoms with van der Waals surface area (Å²) in [5.41, 5.74) is 0.395. The Morgan fingerprint density at radius 3 is 2.53 bits per heavy atom. The number of carbonyl (C=O) groups is 1. The van der Waals surface area contributed by atoms with Gasteiger partial charge in [-0.3, -0.25) is 14.9 Å². The van der Waals surface area contributed by atoms with Gasteiger partial charge in [-0.05, 0) is 13.0 Å². The summed E-state index contributed by atoms with van der Waals surface area (Å²) in [4.78, 5) is 21.6. The summed E-state index contributed by atoms with van der Waals surface area (Å²) in [5.74, 6) is -0.438. The third kappa shape index (κ3) is 2.24. The molecule has 0 saturated carbocycles. The highest BCUT2D eigenvalue weighted by Gasteiger charge is 2.34. The first-order valence-corrected chi connectivity index (χ1v) is 5.68. The lowest BCUT2D eigenvalue weighted by Crippen LogP contribution is -2.16. The van der Waals surface area contributed by atoms with E-state index in [1.54, 1.807) is 6.92 Å². The second-order valence-corrected chi connectivity index (χ2v) is 3.71. The van der Waals surface area contributed by atoms with Crippen molar-refractivity contribution >= 4 is 23.2 Å². The Kier molecular flexibility index (Phi) is 4.07. The van der Waals surface area contributed by atoms with Crippen LogP contribution in [0.2, 0.25) is 5.02 Å². The molecule has 0 fully saturated rings. The lowest BCUT2D eigenvalue weighted by molar-refractivity contribution is -0.385. The summed E-state index contributed by atoms with van der Waals surface area (Å²) >= 11 is 5.89. The van der Waals surface area contributed by atoms with Crippen LogP contribution in [0.15, 0.2) is 12.1 Å². The van der Waals surface area contributed by atoms with Crippen molar-refractivity contribution < 1.29 is 9.72 Å². The van der Waals surface area contributed by atoms with Crippen LogP contribution in [-0.4, -0.2) is 10.8 Å². The maximum absolute atomic E-state index is 11.5. The number of rotatable bonds is 1. The number of carbonyl (C=O) groups excluding carboxylic acids is 1. The van der Waals surface area contributed by atoms with Crippen molar-refractivity contribution in [3.05, 3.63) is 38.4 Å². The SMILES string of the molecule is CC.CC1NC(=O)c2c([N+](=O)[O-])ccc(Cl)c21. The second kappa shape index (κ2) is 5.14. The molecule has 5 nitrogen and oxygen atoms in total. The van der Waals surface area contributed by atoms with Gasteiger partial charge in [-0.1, -0.05) is 25.4 Å². The lowest BCUT2D eigenvalue weighted by atomic mass is 10.0. The topological polar surface area (TPSA) is 72.2 Å². The monoisotopic (exact) mass is 256 g/mol. The number of benzene rings is 1. The van der Waals surface area contributed by atoms with Crippen molar-refractivity contribution in [3.8, 4) is 0 Å². The normalized spacial score (nSPS) is 16.7. The molecule has 0 spiro atoms. The van der Waals surface area contributed by atoms with Crippen LogP contribution >= 0.6 is 11.6 Å². The minimum Gasteiger partial charge on any atom is -0.345 e. The molecule has 0 aliphatic carbocycles. The van der Waals surface area contributed by atoms with E-state index in [1.807, 2.05) is 13.8 Å². The first kappa shape index (κ1) is 13.4. The van der Waals surface area contributed by atoms with Crippen LogP contribution in [0.25, 0.3) is 0 Å². The summed E-state index contributed by atoms with van der Waals surface area (Å²) in [5, 5.41) is 13.7. The predicted octanol–water partition coefficient (Wildman–Crippen LogP) is 3.08. The van der Waals surface area contributed by atoms with E-state index in [4.69, 9.17) is 11.6 Å². The fraction of sp³-hybridized carbons (Fsp3) is 0.364. The maximum Gasteiger partial charge on any atom is 0.282 e. The van der Waals surface area contributed by atoms with Crippen LogP contribution in [-0.2, 0) is 0 Å². The molecule has 1 aromatic carbocycles. The number of hydrogen-bond acceptors (Lipinski definition) is 3. The molecule has 1 atom stereocenters. The van der Waals surface area contributed by atoms with Gasteiger partial charge in [-0.15, -0.1) is 0 Å². The van der Waals surface area contributed by atoms with Crippen molar-refractivity contribution in [1.82, 2.24) is 5.32 Å². The van der Waals surface area contributed by atoms with E-state index in [9.17, 15) is 14.9 Å². The van der Waals surface area contributed by atoms with E-state index in [1.165, 1.54) is 12.1 Å². The molecule has 17 heavy (non-hydrogen) atoms. The first-order chi connectivity index (χ1) is 8.02. The van der Waals surface area contributed by atoms with Crippen LogP contribution in [0.3, 0.4) is 0 Å². The van der Waals surface area contributed by atoms with Crippen molar-refractivity contribution in [1.29, 1.82) is 0 Å². The minimum atomic E-state index is -0.577. The minimum absolute atomic E-state index is 0.0833. The predicted molar refractivity (Wildman–Crippen MR) is 65.3 cm³/mol. The Morgan fingerprint density at radius 2 is 2.00 bits per heavy atom. The van der Waals surface area contributed by atoms with Gasteiger partial charge in [0.2, 0.25) is 0 Å². The highest BCUT2D eigenvalue weighted by molar-refractivity contribution is 6.32. The second-order valence-electron chi connectivity index (χ2n) is 3.31. The standard InChI is InChI=1S/C9H7ClN2O3.C2H6/c1-4-7-5(10)2-3-6(12(14)15)8(7)9(13)11-4;1-2/h2-4H,1H3,(H,11,13);1-2H3. The third-order valence-electron chi connectivity index (χ3n) is 2.37. The van der Waals surface area contributed by atoms with Crippen LogP contribution < -0.4 is 5.32 Å². The van der Waals surface area contributed by atoms with Gasteiger partial charge in [0, 0.05) is 16.7 Å². The Bertz CT molecular complexity index is 474. The van der Waals surface area contributed by atoms with Gasteiger partial charge in [0.15, 0.2) is 0 Å². The molecule has 1 aliphatic rings. The molecule has 0 aromatic heterocycles. The average molecular weight is 257 g/mol. The lowest BCUT2D eigenvalue weighted by Gasteiger charge is -2.05. The van der Waals surface area contributed by atoms with E-state index in [0.717, 1.165) is 0 Å². The molecule has 1 N–H and O–H groups in total. The van der Waals surface area contributed by atoms with E-state index in [-0.39, 0.29) is 17.3 Å². The molecule has 1 amide bonds. The largest absolute Gasteiger partial charge is 0.345 e. The fourth-order valence-electron chi connectivity index (χ4n) is 1.74. The molecule has 0 radical (unpaired) electrons. The van der Waals surface area contributed by atoms with Gasteiger partial charge in [-0.2, -0.15) is 0 Å². The van der Waals surface area contributed by atoms with Gasteiger partial charge in [0.05, 0.1) is 11.0 Å². The van der Waals surface area contributed by atoms with Crippen molar-refractivity contribution in [2.24, 2.45) is 0 Å². The third-order valence-corrected chi connectivity index (χ3v) is 2.70. The van der Waals surface area contributed by atoms with Gasteiger partial charge < -0.3 is 5.32 Å². The zero-order valence-corrected chi connectivity index (χ0v) is 10.5. The van der Waals surface area contributed by atoms with E-state index >= 15 is 0 Å². The molecular formula is C11H13ClN2O3. The van der Waals surface area contributed by atoms with Crippen LogP contribution in [0.5, 0.6) is 0 Å². The number of nitrogens with one attached hydrogen (secondary N) is 1. The molecular weight excluding hydrogens is 244 g/mol. The van der Waals surface area contributed by atoms with Crippen molar-refractivity contribution in [2.45, 2.75) is 26.8 Å². The zero-order valence-electron chi connectivity index (χ0n) is 9.78. The quantitative estimate of drug-likeness (QED) is 0.620. The van der Waals surface area contributed by atoms with Crippen LogP contribution in [0.1, 0.15) is 42.7 Å². The number of nitro benzene ring substituents is 1. The summed E-state index contributed by atoms with van der Waals surface area (Å²) in [6.07, 6.45) is 0. The Hall–Kier alpha value is -1.62. The van der Waals surface area contributed by atoms with Gasteiger partial charge in [0.25, 0.3) is 11.6 Å². The van der Waals surface area contributed by atoms with Gasteiger partial charge in [-0.25, -0.2) is 0 Å². The Balaban J connectivity index is 0.000000686. The molecule has 1 aliphatic heterocycles. The van der Waals surface area contributed by atoms with E-state index < -0.39 is 10.8 Å². The average Bonchev–Trinajstić information content (AvgIpc) is 2.58. The zero-order chi connectivity index (χ0) is 13.2. The van der Waals surface area contributed by atoms with E-state index in [2.05, 4.69) is 5.32 Å². The molecule has 1 aromatic rings. The molecule has 1 unspecified atom stereocenters. The molecule has 0 saturated heterocycles. The molecule has 92 valence electrons. The first-order valence-electron chi connectivity index (χ1n) is 5.30. The van der Waals surface area contributed by atoms with Crippen LogP contribution in [0.4, 0.5) is 5.69 Å². The highest BCUT2D eigenvalue weighted by Crippen LogP contribution is 2.36. The molecule has 2 rings (SSSR count). The summed E-state index contributed by atoms with van der Waals surface area (Å²) in [6, 6.07) is 2.41. The highest BCUT2D eigenvalue weighted by atomic mass is 35.5. The number of amides is 1. The number of hydrogen-bond donors (Lipinski definition) is 1. The van der Waals surface area contributed by atoms with Gasteiger partial charge in [0.1, 0.15) is 5.56 Å². The maximum atomic E-state index is 11.5. The van der Waals surface area contributed by atoms with Crippen molar-refractivity contribution in [3.63, 3.8) is 0 Å². The number of fused-ring (bicyclic) bond motifs is 1. The fourth-order valence-corrected chi connectivity index (χ4v) is 2.06. The Labute approximate surface area is 104 Å². The molecule has 6 heteroatoms. The van der Waals surface area contributed by atoms with Crippen molar-refractivity contribution in [2.75, 3.05) is 0 Å². The summed E-state index contributed by atoms with van der Waals surface area (Å²) in [6.45, 7) is 5.74. The van der Waals surface area contributed by atoms with Gasteiger partial charge >= 0.3 is 0 Å². The van der Waals surface area contributed by atoms with E-state index in [0.29, 0.717) is 10.6 Å².